The van der Waals surface area contributed by atoms with Gasteiger partial charge in [-0.15, -0.1) is 4.68 Å². The summed E-state index contributed by atoms with van der Waals surface area (Å²) in [7, 11) is -2.85. The van der Waals surface area contributed by atoms with E-state index in [0.717, 1.165) is 0 Å². The maximum atomic E-state index is 13.8. The summed E-state index contributed by atoms with van der Waals surface area (Å²) < 4.78 is 37.6. The van der Waals surface area contributed by atoms with E-state index in [9.17, 15) is 27.6 Å². The molecule has 0 atom stereocenters. The lowest BCUT2D eigenvalue weighted by Gasteiger charge is -2.23. The van der Waals surface area contributed by atoms with Crippen LogP contribution in [0.4, 0.5) is 9.59 Å². The van der Waals surface area contributed by atoms with Crippen molar-refractivity contribution in [2.75, 3.05) is 23.9 Å². The Morgan fingerprint density at radius 1 is 1.08 bits per heavy atom. The molecular formula is C24H31N5O8S. The van der Waals surface area contributed by atoms with E-state index >= 15 is 0 Å². The summed E-state index contributed by atoms with van der Waals surface area (Å²) in [6, 6.07) is 4.69. The molecule has 0 aliphatic heterocycles. The van der Waals surface area contributed by atoms with Crippen LogP contribution in [-0.2, 0) is 26.5 Å². The zero-order chi connectivity index (χ0) is 28.4. The fraction of sp³-hybridized carbons (Fsp3) is 0.458. The van der Waals surface area contributed by atoms with Gasteiger partial charge in [0, 0.05) is 18.8 Å². The Morgan fingerprint density at radius 2 is 1.71 bits per heavy atom. The van der Waals surface area contributed by atoms with Crippen molar-refractivity contribution in [1.82, 2.24) is 19.0 Å². The van der Waals surface area contributed by atoms with Crippen LogP contribution in [-0.4, -0.2) is 59.1 Å². The van der Waals surface area contributed by atoms with Crippen LogP contribution in [0.15, 0.2) is 34.0 Å². The highest BCUT2D eigenvalue weighted by molar-refractivity contribution is 7.92. The molecule has 0 bridgehead atoms. The largest absolute Gasteiger partial charge is 0.449 e. The highest BCUT2D eigenvalue weighted by Gasteiger charge is 2.33. The minimum Gasteiger partial charge on any atom is -0.449 e. The number of amides is 1. The fourth-order valence-electron chi connectivity index (χ4n) is 3.90. The maximum absolute atomic E-state index is 13.8. The molecule has 0 saturated heterocycles. The summed E-state index contributed by atoms with van der Waals surface area (Å²) in [5.74, 6) is -0.113. The molecular weight excluding hydrogens is 518 g/mol. The van der Waals surface area contributed by atoms with Gasteiger partial charge in [-0.05, 0) is 42.5 Å². The summed E-state index contributed by atoms with van der Waals surface area (Å²) in [4.78, 5) is 53.2. The van der Waals surface area contributed by atoms with Crippen molar-refractivity contribution in [1.29, 1.82) is 0 Å². The number of benzene rings is 1. The second-order valence-corrected chi connectivity index (χ2v) is 10.7. The lowest BCUT2D eigenvalue weighted by Crippen LogP contribution is -2.58. The van der Waals surface area contributed by atoms with Crippen LogP contribution < -0.4 is 15.7 Å². The van der Waals surface area contributed by atoms with Crippen molar-refractivity contribution in [3.63, 3.8) is 0 Å². The van der Waals surface area contributed by atoms with Crippen molar-refractivity contribution in [3.05, 3.63) is 50.8 Å². The average Bonchev–Trinajstić information content (AvgIpc) is 3.27. The molecule has 2 heterocycles. The van der Waals surface area contributed by atoms with E-state index in [2.05, 4.69) is 5.10 Å². The smallest absolute Gasteiger partial charge is 0.444 e. The van der Waals surface area contributed by atoms with Crippen molar-refractivity contribution in [2.24, 2.45) is 7.05 Å². The number of aromatic nitrogens is 4. The van der Waals surface area contributed by atoms with Gasteiger partial charge in [-0.25, -0.2) is 22.8 Å². The van der Waals surface area contributed by atoms with Crippen molar-refractivity contribution >= 4 is 33.1 Å². The zero-order valence-corrected chi connectivity index (χ0v) is 22.9. The van der Waals surface area contributed by atoms with E-state index < -0.39 is 33.5 Å². The molecule has 0 aliphatic carbocycles. The summed E-state index contributed by atoms with van der Waals surface area (Å²) in [6.45, 7) is 7.03. The molecule has 38 heavy (non-hydrogen) atoms. The minimum absolute atomic E-state index is 0.0373. The monoisotopic (exact) mass is 549 g/mol. The Labute approximate surface area is 219 Å². The zero-order valence-electron chi connectivity index (χ0n) is 22.1. The molecule has 3 aromatic rings. The number of rotatable bonds is 8. The van der Waals surface area contributed by atoms with Gasteiger partial charge in [-0.1, -0.05) is 32.1 Å². The quantitative estimate of drug-likeness (QED) is 0.413. The van der Waals surface area contributed by atoms with Gasteiger partial charge in [0.25, 0.3) is 15.6 Å². The van der Waals surface area contributed by atoms with Gasteiger partial charge >= 0.3 is 17.9 Å². The highest BCUT2D eigenvalue weighted by Crippen LogP contribution is 2.32. The van der Waals surface area contributed by atoms with Crippen LogP contribution in [0.2, 0.25) is 0 Å². The predicted molar refractivity (Wildman–Crippen MR) is 140 cm³/mol. The Hall–Kier alpha value is -3.94. The molecule has 3 rings (SSSR count). The molecule has 2 aromatic heterocycles. The lowest BCUT2D eigenvalue weighted by molar-refractivity contribution is 0.145. The topological polar surface area (TPSA) is 152 Å². The number of carbonyl (C=O) groups is 2. The first kappa shape index (κ1) is 28.6. The van der Waals surface area contributed by atoms with E-state index in [4.69, 9.17) is 9.47 Å². The van der Waals surface area contributed by atoms with Crippen LogP contribution in [0.1, 0.15) is 52.0 Å². The molecule has 0 aliphatic rings. The number of carbonyl (C=O) groups excluding carboxylic acids is 2. The van der Waals surface area contributed by atoms with Gasteiger partial charge < -0.3 is 9.47 Å². The second kappa shape index (κ2) is 11.2. The standard InChI is InChI=1S/C24H31N5O8S/c1-7-11-36-23(32)27-20-14-16(15(3)4)17(19-9-10-25-26(19)5)13-18(20)21(30)28(22(27)31)29(38(6,34)35)24(33)37-12-8-2/h9-10,13-15H,7-8,11-12H2,1-6H3. The number of nitrogens with zero attached hydrogens (tertiary/aromatic N) is 5. The normalized spacial score (nSPS) is 11.7. The van der Waals surface area contributed by atoms with Gasteiger partial charge in [0.05, 0.1) is 36.1 Å². The van der Waals surface area contributed by atoms with Crippen LogP contribution in [0, 0.1) is 0 Å². The third kappa shape index (κ3) is 5.35. The number of hydrogen-bond acceptors (Lipinski definition) is 9. The Morgan fingerprint density at radius 3 is 2.24 bits per heavy atom. The van der Waals surface area contributed by atoms with Gasteiger partial charge in [0.2, 0.25) is 0 Å². The SMILES string of the molecule is CCCOC(=O)N(n1c(=O)c2cc(-c3ccnn3C)c(C(C)C)cc2n(C(=O)OCCC)c1=O)S(C)(=O)=O. The van der Waals surface area contributed by atoms with E-state index in [1.165, 1.54) is 12.1 Å². The molecule has 14 heteroatoms. The summed E-state index contributed by atoms with van der Waals surface area (Å²) in [5.41, 5.74) is -0.732. The van der Waals surface area contributed by atoms with E-state index in [1.807, 2.05) is 13.8 Å². The van der Waals surface area contributed by atoms with Crippen LogP contribution >= 0.6 is 0 Å². The molecule has 1 aromatic carbocycles. The number of aryl methyl sites for hydroxylation is 1. The van der Waals surface area contributed by atoms with Gasteiger partial charge in [0.1, 0.15) is 0 Å². The second-order valence-electron chi connectivity index (χ2n) is 8.92. The van der Waals surface area contributed by atoms with Crippen molar-refractivity contribution in [3.8, 4) is 11.3 Å². The van der Waals surface area contributed by atoms with Crippen LogP contribution in [0.25, 0.3) is 22.2 Å². The number of ether oxygens (including phenoxy) is 2. The lowest BCUT2D eigenvalue weighted by atomic mass is 9.93. The molecule has 206 valence electrons. The van der Waals surface area contributed by atoms with E-state index in [1.54, 1.807) is 37.8 Å². The molecule has 0 unspecified atom stereocenters. The maximum Gasteiger partial charge on any atom is 0.444 e. The molecule has 0 fully saturated rings. The Kier molecular flexibility index (Phi) is 8.44. The van der Waals surface area contributed by atoms with Crippen LogP contribution in [0.5, 0.6) is 0 Å². The third-order valence-corrected chi connectivity index (χ3v) is 6.56. The third-order valence-electron chi connectivity index (χ3n) is 5.62. The number of fused-ring (bicyclic) bond motifs is 1. The minimum atomic E-state index is -4.56. The fourth-order valence-corrected chi connectivity index (χ4v) is 4.66. The summed E-state index contributed by atoms with van der Waals surface area (Å²) >= 11 is 0. The summed E-state index contributed by atoms with van der Waals surface area (Å²) in [5, 5.41) is 3.98. The first-order valence-corrected chi connectivity index (χ1v) is 13.9. The summed E-state index contributed by atoms with van der Waals surface area (Å²) in [6.07, 6.45) is 0.411. The molecule has 13 nitrogen and oxygen atoms in total. The number of sulfonamides is 1. The first-order chi connectivity index (χ1) is 17.8. The van der Waals surface area contributed by atoms with Crippen molar-refractivity contribution in [2.45, 2.75) is 46.5 Å². The molecule has 0 radical (unpaired) electrons. The van der Waals surface area contributed by atoms with E-state index in [0.29, 0.717) is 40.5 Å². The highest BCUT2D eigenvalue weighted by atomic mass is 32.2. The number of hydrogen-bond donors (Lipinski definition) is 0. The molecule has 0 saturated carbocycles. The molecule has 0 spiro atoms. The Balaban J connectivity index is 2.53. The average molecular weight is 550 g/mol. The van der Waals surface area contributed by atoms with Gasteiger partial charge in [-0.2, -0.15) is 9.67 Å². The first-order valence-electron chi connectivity index (χ1n) is 12.0. The van der Waals surface area contributed by atoms with Crippen LogP contribution in [0.3, 0.4) is 0 Å². The molecule has 0 N–H and O–H groups in total. The molecule has 1 amide bonds. The van der Waals surface area contributed by atoms with Gasteiger partial charge in [0.15, 0.2) is 0 Å². The predicted octanol–water partition coefficient (Wildman–Crippen LogP) is 2.53. The van der Waals surface area contributed by atoms with Gasteiger partial charge in [-0.3, -0.25) is 9.48 Å². The Bertz CT molecular complexity index is 1600. The van der Waals surface area contributed by atoms with E-state index in [-0.39, 0.29) is 39.1 Å². The van der Waals surface area contributed by atoms with Crippen molar-refractivity contribution < 1.29 is 27.5 Å².